The van der Waals surface area contributed by atoms with Crippen LogP contribution < -0.4 is 10.6 Å². The molecule has 1 aliphatic carbocycles. The lowest BCUT2D eigenvalue weighted by molar-refractivity contribution is -0.138. The molecule has 0 aromatic heterocycles. The van der Waals surface area contributed by atoms with Gasteiger partial charge in [0.2, 0.25) is 5.91 Å². The highest BCUT2D eigenvalue weighted by molar-refractivity contribution is 14.0. The summed E-state index contributed by atoms with van der Waals surface area (Å²) in [6, 6.07) is 2.60. The van der Waals surface area contributed by atoms with Crippen LogP contribution in [0.25, 0.3) is 0 Å². The highest BCUT2D eigenvalue weighted by atomic mass is 127. The van der Waals surface area contributed by atoms with Crippen LogP contribution in [0.3, 0.4) is 0 Å². The number of benzene rings is 1. The first-order valence-electron chi connectivity index (χ1n) is 10.5. The maximum Gasteiger partial charge on any atom is 0.416 e. The van der Waals surface area contributed by atoms with Crippen molar-refractivity contribution in [3.8, 4) is 0 Å². The van der Waals surface area contributed by atoms with Gasteiger partial charge in [0.25, 0.3) is 0 Å². The van der Waals surface area contributed by atoms with Gasteiger partial charge in [-0.2, -0.15) is 13.2 Å². The molecule has 0 radical (unpaired) electrons. The van der Waals surface area contributed by atoms with Gasteiger partial charge in [-0.05, 0) is 43.9 Å². The smallest absolute Gasteiger partial charge is 0.357 e. The van der Waals surface area contributed by atoms with E-state index in [1.54, 1.807) is 0 Å². The molecule has 1 aliphatic heterocycles. The number of carbonyl (C=O) groups is 1. The summed E-state index contributed by atoms with van der Waals surface area (Å²) in [5.74, 6) is -0.210. The Balaban J connectivity index is 0.00000341. The highest BCUT2D eigenvalue weighted by Crippen LogP contribution is 2.33. The molecular weight excluding hydrogens is 527 g/mol. The number of aliphatic imine (C=N–C) groups is 1. The largest absolute Gasteiger partial charge is 0.416 e. The monoisotopic (exact) mass is 556 g/mol. The average Bonchev–Trinajstić information content (AvgIpc) is 3.38. The van der Waals surface area contributed by atoms with Gasteiger partial charge in [-0.25, -0.2) is 9.38 Å². The molecule has 0 bridgehead atoms. The summed E-state index contributed by atoms with van der Waals surface area (Å²) in [7, 11) is 0. The van der Waals surface area contributed by atoms with Gasteiger partial charge >= 0.3 is 6.18 Å². The Morgan fingerprint density at radius 1 is 1.23 bits per heavy atom. The number of alkyl halides is 3. The van der Waals surface area contributed by atoms with Gasteiger partial charge in [0.15, 0.2) is 5.96 Å². The quantitative estimate of drug-likeness (QED) is 0.246. The van der Waals surface area contributed by atoms with Gasteiger partial charge in [-0.3, -0.25) is 4.79 Å². The average molecular weight is 556 g/mol. The second-order valence-corrected chi connectivity index (χ2v) is 7.89. The minimum atomic E-state index is -4.65. The van der Waals surface area contributed by atoms with Crippen LogP contribution in [-0.2, 0) is 17.5 Å². The number of rotatable bonds is 5. The van der Waals surface area contributed by atoms with Gasteiger partial charge in [0.05, 0.1) is 12.1 Å². The molecule has 1 unspecified atom stereocenters. The molecule has 2 N–H and O–H groups in total. The Bertz CT molecular complexity index is 781. The standard InChI is InChI=1S/C21H28F4N4O.HI/c1-2-26-20(27-12-15-7-8-16(22)11-18(15)21(23,24)25)28-17-9-10-29(13-17)19(30)14-5-3-4-6-14;/h7-8,11,14,17H,2-6,9-10,12-13H2,1H3,(H2,26,27,28);1H. The summed E-state index contributed by atoms with van der Waals surface area (Å²) >= 11 is 0. The van der Waals surface area contributed by atoms with E-state index in [4.69, 9.17) is 0 Å². The number of amides is 1. The van der Waals surface area contributed by atoms with Gasteiger partial charge in [-0.1, -0.05) is 18.9 Å². The lowest BCUT2D eigenvalue weighted by Crippen LogP contribution is -2.45. The predicted octanol–water partition coefficient (Wildman–Crippen LogP) is 4.31. The van der Waals surface area contributed by atoms with E-state index in [-0.39, 0.29) is 54.0 Å². The molecule has 1 aromatic rings. The van der Waals surface area contributed by atoms with Crippen LogP contribution in [0.15, 0.2) is 23.2 Å². The summed E-state index contributed by atoms with van der Waals surface area (Å²) in [5.41, 5.74) is -1.11. The lowest BCUT2D eigenvalue weighted by atomic mass is 10.1. The van der Waals surface area contributed by atoms with Gasteiger partial charge in [0, 0.05) is 31.6 Å². The first-order chi connectivity index (χ1) is 14.3. The number of nitrogens with zero attached hydrogens (tertiary/aromatic N) is 2. The summed E-state index contributed by atoms with van der Waals surface area (Å²) in [4.78, 5) is 18.7. The molecule has 10 heteroatoms. The third-order valence-corrected chi connectivity index (χ3v) is 5.67. The fourth-order valence-corrected chi connectivity index (χ4v) is 4.14. The van der Waals surface area contributed by atoms with Crippen molar-refractivity contribution in [2.24, 2.45) is 10.9 Å². The van der Waals surface area contributed by atoms with E-state index in [2.05, 4.69) is 15.6 Å². The van der Waals surface area contributed by atoms with Crippen molar-refractivity contribution in [2.75, 3.05) is 19.6 Å². The van der Waals surface area contributed by atoms with Crippen molar-refractivity contribution in [1.29, 1.82) is 0 Å². The highest BCUT2D eigenvalue weighted by Gasteiger charge is 2.34. The van der Waals surface area contributed by atoms with E-state index in [0.717, 1.165) is 44.2 Å². The Hall–Kier alpha value is -1.59. The van der Waals surface area contributed by atoms with E-state index in [0.29, 0.717) is 31.7 Å². The third-order valence-electron chi connectivity index (χ3n) is 5.67. The summed E-state index contributed by atoms with van der Waals surface area (Å²) < 4.78 is 52.9. The zero-order chi connectivity index (χ0) is 21.7. The van der Waals surface area contributed by atoms with Crippen molar-refractivity contribution in [2.45, 2.75) is 57.8 Å². The Morgan fingerprint density at radius 2 is 1.94 bits per heavy atom. The van der Waals surface area contributed by atoms with Crippen LogP contribution in [0.2, 0.25) is 0 Å². The first-order valence-corrected chi connectivity index (χ1v) is 10.5. The van der Waals surface area contributed by atoms with Crippen LogP contribution in [0.4, 0.5) is 17.6 Å². The molecule has 1 aromatic carbocycles. The predicted molar refractivity (Wildman–Crippen MR) is 122 cm³/mol. The third kappa shape index (κ3) is 6.95. The Morgan fingerprint density at radius 3 is 2.58 bits per heavy atom. The van der Waals surface area contributed by atoms with E-state index in [1.165, 1.54) is 0 Å². The van der Waals surface area contributed by atoms with Crippen LogP contribution in [0, 0.1) is 11.7 Å². The molecule has 3 rings (SSSR count). The number of nitrogens with one attached hydrogen (secondary N) is 2. The van der Waals surface area contributed by atoms with E-state index < -0.39 is 17.6 Å². The normalized spacial score (nSPS) is 20.0. The topological polar surface area (TPSA) is 56.7 Å². The number of guanidine groups is 1. The Kier molecular flexibility index (Phi) is 9.38. The zero-order valence-electron chi connectivity index (χ0n) is 17.5. The molecular formula is C21H29F4IN4O. The van der Waals surface area contributed by atoms with Crippen LogP contribution in [0.1, 0.15) is 50.2 Å². The maximum atomic E-state index is 13.3. The molecule has 1 amide bonds. The van der Waals surface area contributed by atoms with Crippen LogP contribution in [-0.4, -0.2) is 42.4 Å². The summed E-state index contributed by atoms with van der Waals surface area (Å²) in [6.45, 7) is 3.40. The molecule has 1 saturated carbocycles. The number of halogens is 5. The van der Waals surface area contributed by atoms with Crippen molar-refractivity contribution in [3.63, 3.8) is 0 Å². The zero-order valence-corrected chi connectivity index (χ0v) is 19.8. The number of carbonyl (C=O) groups excluding carboxylic acids is 1. The molecule has 174 valence electrons. The van der Waals surface area contributed by atoms with Crippen molar-refractivity contribution in [3.05, 3.63) is 35.1 Å². The minimum Gasteiger partial charge on any atom is -0.357 e. The van der Waals surface area contributed by atoms with Gasteiger partial charge in [-0.15, -0.1) is 24.0 Å². The molecule has 1 saturated heterocycles. The Labute approximate surface area is 197 Å². The van der Waals surface area contributed by atoms with Crippen molar-refractivity contribution >= 4 is 35.8 Å². The van der Waals surface area contributed by atoms with Crippen LogP contribution in [0.5, 0.6) is 0 Å². The van der Waals surface area contributed by atoms with E-state index >= 15 is 0 Å². The number of likely N-dealkylation sites (tertiary alicyclic amines) is 1. The molecule has 2 aliphatic rings. The second-order valence-electron chi connectivity index (χ2n) is 7.89. The molecule has 0 spiro atoms. The number of hydrogen-bond donors (Lipinski definition) is 2. The van der Waals surface area contributed by atoms with Gasteiger partial charge < -0.3 is 15.5 Å². The summed E-state index contributed by atoms with van der Waals surface area (Å²) in [5, 5.41) is 6.25. The number of hydrogen-bond acceptors (Lipinski definition) is 2. The molecule has 31 heavy (non-hydrogen) atoms. The lowest BCUT2D eigenvalue weighted by Gasteiger charge is -2.21. The molecule has 2 fully saturated rings. The molecule has 5 nitrogen and oxygen atoms in total. The fraction of sp³-hybridized carbons (Fsp3) is 0.619. The van der Waals surface area contributed by atoms with Crippen molar-refractivity contribution in [1.82, 2.24) is 15.5 Å². The molecule has 1 heterocycles. The van der Waals surface area contributed by atoms with E-state index in [9.17, 15) is 22.4 Å². The SMILES string of the molecule is CCNC(=NCc1ccc(F)cc1C(F)(F)F)NC1CCN(C(=O)C2CCCC2)C1.I. The molecule has 1 atom stereocenters. The second kappa shape index (κ2) is 11.3. The van der Waals surface area contributed by atoms with Gasteiger partial charge in [0.1, 0.15) is 5.82 Å². The minimum absolute atomic E-state index is 0. The van der Waals surface area contributed by atoms with E-state index in [1.807, 2.05) is 11.8 Å². The van der Waals surface area contributed by atoms with Crippen LogP contribution >= 0.6 is 24.0 Å². The summed E-state index contributed by atoms with van der Waals surface area (Å²) in [6.07, 6.45) is 0.227. The fourth-order valence-electron chi connectivity index (χ4n) is 4.14. The van der Waals surface area contributed by atoms with Crippen molar-refractivity contribution < 1.29 is 22.4 Å². The first kappa shape index (κ1) is 25.7. The maximum absolute atomic E-state index is 13.3.